The fourth-order valence-corrected chi connectivity index (χ4v) is 2.65. The smallest absolute Gasteiger partial charge is 0.262 e. The highest BCUT2D eigenvalue weighted by Crippen LogP contribution is 2.29. The van der Waals surface area contributed by atoms with Crippen LogP contribution in [0.2, 0.25) is 5.02 Å². The summed E-state index contributed by atoms with van der Waals surface area (Å²) in [4.78, 5) is 12.2. The van der Waals surface area contributed by atoms with Crippen molar-refractivity contribution in [3.63, 3.8) is 0 Å². The Bertz CT molecular complexity index is 574. The first kappa shape index (κ1) is 15.7. The Balaban J connectivity index is 1.99. The van der Waals surface area contributed by atoms with E-state index in [1.54, 1.807) is 25.1 Å². The minimum atomic E-state index is -0.718. The fraction of sp³-hybridized carbons (Fsp3) is 0.500. The first-order valence-corrected chi connectivity index (χ1v) is 7.50. The van der Waals surface area contributed by atoms with Gasteiger partial charge in [0, 0.05) is 5.02 Å². The zero-order valence-electron chi connectivity index (χ0n) is 12.3. The Morgan fingerprint density at radius 3 is 2.71 bits per heavy atom. The van der Waals surface area contributed by atoms with Gasteiger partial charge < -0.3 is 10.1 Å². The molecular formula is C16H19ClN2O2. The Hall–Kier alpha value is -1.73. The van der Waals surface area contributed by atoms with E-state index in [9.17, 15) is 10.1 Å². The summed E-state index contributed by atoms with van der Waals surface area (Å²) in [5, 5.41) is 12.8. The minimum Gasteiger partial charge on any atom is -0.481 e. The second-order valence-electron chi connectivity index (χ2n) is 5.56. The number of rotatable bonds is 4. The van der Waals surface area contributed by atoms with Crippen molar-refractivity contribution >= 4 is 17.5 Å². The lowest BCUT2D eigenvalue weighted by Crippen LogP contribution is -2.49. The first-order chi connectivity index (χ1) is 9.96. The van der Waals surface area contributed by atoms with Crippen LogP contribution in [0.25, 0.3) is 0 Å². The third-order valence-corrected chi connectivity index (χ3v) is 4.27. The molecular weight excluding hydrogens is 288 g/mol. The van der Waals surface area contributed by atoms with Crippen LogP contribution in [-0.2, 0) is 4.79 Å². The molecule has 0 bridgehead atoms. The predicted molar refractivity (Wildman–Crippen MR) is 81.2 cm³/mol. The van der Waals surface area contributed by atoms with Crippen LogP contribution in [0.5, 0.6) is 5.75 Å². The van der Waals surface area contributed by atoms with Crippen molar-refractivity contribution in [2.24, 2.45) is 0 Å². The van der Waals surface area contributed by atoms with E-state index in [0.717, 1.165) is 18.4 Å². The maximum absolute atomic E-state index is 12.2. The van der Waals surface area contributed by atoms with Crippen LogP contribution in [-0.4, -0.2) is 17.6 Å². The van der Waals surface area contributed by atoms with E-state index in [-0.39, 0.29) is 5.91 Å². The molecule has 1 aromatic rings. The van der Waals surface area contributed by atoms with Gasteiger partial charge in [0.25, 0.3) is 5.91 Å². The molecule has 0 radical (unpaired) electrons. The van der Waals surface area contributed by atoms with Crippen LogP contribution in [0.1, 0.15) is 38.2 Å². The Morgan fingerprint density at radius 1 is 1.48 bits per heavy atom. The predicted octanol–water partition coefficient (Wildman–Crippen LogP) is 3.37. The third-order valence-electron chi connectivity index (χ3n) is 3.85. The molecule has 2 rings (SSSR count). The zero-order chi connectivity index (χ0) is 15.5. The molecule has 1 atom stereocenters. The van der Waals surface area contributed by atoms with E-state index >= 15 is 0 Å². The number of nitrogens with zero attached hydrogens (tertiary/aromatic N) is 1. The van der Waals surface area contributed by atoms with E-state index in [1.807, 2.05) is 6.92 Å². The van der Waals surface area contributed by atoms with Crippen molar-refractivity contribution in [1.82, 2.24) is 5.32 Å². The maximum atomic E-state index is 12.2. The van der Waals surface area contributed by atoms with Crippen molar-refractivity contribution in [2.75, 3.05) is 0 Å². The highest BCUT2D eigenvalue weighted by atomic mass is 35.5. The number of carbonyl (C=O) groups is 1. The summed E-state index contributed by atoms with van der Waals surface area (Å²) in [6.45, 7) is 3.56. The van der Waals surface area contributed by atoms with Crippen molar-refractivity contribution in [3.05, 3.63) is 28.8 Å². The number of nitriles is 1. The molecule has 0 heterocycles. The summed E-state index contributed by atoms with van der Waals surface area (Å²) in [6.07, 6.45) is 2.71. The quantitative estimate of drug-likeness (QED) is 0.927. The summed E-state index contributed by atoms with van der Waals surface area (Å²) in [7, 11) is 0. The number of hydrogen-bond acceptors (Lipinski definition) is 3. The highest BCUT2D eigenvalue weighted by molar-refractivity contribution is 6.31. The standard InChI is InChI=1S/C16H19ClN2O2/c1-11-9-13(5-6-14(11)17)21-12(2)15(20)19-16(10-18)7-3-4-8-16/h5-6,9,12H,3-4,7-8H2,1-2H3,(H,19,20). The van der Waals surface area contributed by atoms with Gasteiger partial charge in [-0.15, -0.1) is 0 Å². The van der Waals surface area contributed by atoms with Gasteiger partial charge in [0.05, 0.1) is 6.07 Å². The largest absolute Gasteiger partial charge is 0.481 e. The van der Waals surface area contributed by atoms with E-state index < -0.39 is 11.6 Å². The van der Waals surface area contributed by atoms with Crippen LogP contribution in [0.3, 0.4) is 0 Å². The Labute approximate surface area is 130 Å². The average molecular weight is 307 g/mol. The molecule has 4 nitrogen and oxygen atoms in total. The van der Waals surface area contributed by atoms with Crippen LogP contribution >= 0.6 is 11.6 Å². The zero-order valence-corrected chi connectivity index (χ0v) is 13.0. The van der Waals surface area contributed by atoms with Gasteiger partial charge in [0.1, 0.15) is 11.3 Å². The van der Waals surface area contributed by atoms with Gasteiger partial charge in [-0.2, -0.15) is 5.26 Å². The second-order valence-corrected chi connectivity index (χ2v) is 5.97. The van der Waals surface area contributed by atoms with Crippen molar-refractivity contribution in [2.45, 2.75) is 51.2 Å². The van der Waals surface area contributed by atoms with E-state index in [2.05, 4.69) is 11.4 Å². The minimum absolute atomic E-state index is 0.258. The van der Waals surface area contributed by atoms with Gasteiger partial charge >= 0.3 is 0 Å². The fourth-order valence-electron chi connectivity index (χ4n) is 2.53. The number of halogens is 1. The molecule has 0 spiro atoms. The highest BCUT2D eigenvalue weighted by Gasteiger charge is 2.36. The molecule has 112 valence electrons. The molecule has 1 aromatic carbocycles. The molecule has 1 amide bonds. The molecule has 1 aliphatic rings. The molecule has 5 heteroatoms. The molecule has 1 aliphatic carbocycles. The Morgan fingerprint density at radius 2 is 2.14 bits per heavy atom. The van der Waals surface area contributed by atoms with E-state index in [4.69, 9.17) is 16.3 Å². The number of hydrogen-bond donors (Lipinski definition) is 1. The third kappa shape index (κ3) is 3.68. The van der Waals surface area contributed by atoms with Gasteiger partial charge in [-0.1, -0.05) is 11.6 Å². The number of benzene rings is 1. The molecule has 1 fully saturated rings. The molecule has 1 unspecified atom stereocenters. The van der Waals surface area contributed by atoms with Crippen LogP contribution in [0, 0.1) is 18.3 Å². The number of aryl methyl sites for hydroxylation is 1. The Kier molecular flexibility index (Phi) is 4.74. The lowest BCUT2D eigenvalue weighted by molar-refractivity contribution is -0.128. The van der Waals surface area contributed by atoms with Gasteiger partial charge in [0.2, 0.25) is 0 Å². The summed E-state index contributed by atoms with van der Waals surface area (Å²) in [6, 6.07) is 7.50. The second kappa shape index (κ2) is 6.36. The van der Waals surface area contributed by atoms with Gasteiger partial charge in [-0.25, -0.2) is 0 Å². The van der Waals surface area contributed by atoms with E-state index in [1.165, 1.54) is 0 Å². The van der Waals surface area contributed by atoms with Crippen molar-refractivity contribution < 1.29 is 9.53 Å². The van der Waals surface area contributed by atoms with Crippen LogP contribution in [0.15, 0.2) is 18.2 Å². The molecule has 0 aliphatic heterocycles. The molecule has 0 saturated heterocycles. The summed E-state index contributed by atoms with van der Waals surface area (Å²) in [5.74, 6) is 0.336. The lowest BCUT2D eigenvalue weighted by Gasteiger charge is -2.24. The molecule has 1 N–H and O–H groups in total. The topological polar surface area (TPSA) is 62.1 Å². The van der Waals surface area contributed by atoms with Crippen LogP contribution in [0.4, 0.5) is 0 Å². The van der Waals surface area contributed by atoms with Gasteiger partial charge in [-0.05, 0) is 63.3 Å². The summed E-state index contributed by atoms with van der Waals surface area (Å²) in [5.41, 5.74) is 0.177. The maximum Gasteiger partial charge on any atom is 0.262 e. The van der Waals surface area contributed by atoms with Gasteiger partial charge in [0.15, 0.2) is 6.10 Å². The van der Waals surface area contributed by atoms with Crippen LogP contribution < -0.4 is 10.1 Å². The number of nitrogens with one attached hydrogen (secondary N) is 1. The lowest BCUT2D eigenvalue weighted by atomic mass is 9.99. The van der Waals surface area contributed by atoms with Crippen molar-refractivity contribution in [3.8, 4) is 11.8 Å². The number of carbonyl (C=O) groups excluding carboxylic acids is 1. The summed E-state index contributed by atoms with van der Waals surface area (Å²) < 4.78 is 5.63. The molecule has 1 saturated carbocycles. The van der Waals surface area contributed by atoms with Gasteiger partial charge in [-0.3, -0.25) is 4.79 Å². The molecule has 21 heavy (non-hydrogen) atoms. The monoisotopic (exact) mass is 306 g/mol. The average Bonchev–Trinajstić information content (AvgIpc) is 2.92. The SMILES string of the molecule is Cc1cc(OC(C)C(=O)NC2(C#N)CCCC2)ccc1Cl. The normalized spacial score (nSPS) is 17.8. The number of amides is 1. The number of ether oxygens (including phenoxy) is 1. The first-order valence-electron chi connectivity index (χ1n) is 7.12. The summed E-state index contributed by atoms with van der Waals surface area (Å²) >= 11 is 5.96. The molecule has 0 aromatic heterocycles. The van der Waals surface area contributed by atoms with E-state index in [0.29, 0.717) is 23.6 Å². The van der Waals surface area contributed by atoms with Crippen molar-refractivity contribution in [1.29, 1.82) is 5.26 Å².